The van der Waals surface area contributed by atoms with Crippen LogP contribution < -0.4 is 4.74 Å². The fourth-order valence-electron chi connectivity index (χ4n) is 1.90. The first-order chi connectivity index (χ1) is 9.97. The van der Waals surface area contributed by atoms with Crippen molar-refractivity contribution in [2.24, 2.45) is 0 Å². The molecule has 2 rings (SSSR count). The normalized spacial score (nSPS) is 12.0. The van der Waals surface area contributed by atoms with E-state index in [4.69, 9.17) is 16.3 Å². The first-order valence-corrected chi connectivity index (χ1v) is 6.74. The summed E-state index contributed by atoms with van der Waals surface area (Å²) in [4.78, 5) is 11.3. The van der Waals surface area contributed by atoms with Crippen molar-refractivity contribution < 1.29 is 19.0 Å². The van der Waals surface area contributed by atoms with Crippen molar-refractivity contribution in [1.82, 2.24) is 0 Å². The Balaban J connectivity index is 2.18. The van der Waals surface area contributed by atoms with E-state index in [-0.39, 0.29) is 6.42 Å². The molecule has 0 spiro atoms. The number of hydrogen-bond donors (Lipinski definition) is 1. The summed E-state index contributed by atoms with van der Waals surface area (Å²) in [5, 5.41) is 9.81. The molecule has 2 aromatic carbocycles. The zero-order valence-corrected chi connectivity index (χ0v) is 12.1. The number of aryl methyl sites for hydroxylation is 1. The number of aliphatic carboxylic acids is 1. The Kier molecular flexibility index (Phi) is 4.81. The summed E-state index contributed by atoms with van der Waals surface area (Å²) in [6.07, 6.45) is -1.22. The second-order valence-electron chi connectivity index (χ2n) is 4.65. The summed E-state index contributed by atoms with van der Waals surface area (Å²) >= 11 is 5.91. The van der Waals surface area contributed by atoms with Crippen LogP contribution in [0, 0.1) is 12.7 Å². The molecular formula is C16H14ClFO3. The van der Waals surface area contributed by atoms with E-state index in [0.717, 1.165) is 5.56 Å². The average molecular weight is 309 g/mol. The highest BCUT2D eigenvalue weighted by molar-refractivity contribution is 6.31. The van der Waals surface area contributed by atoms with Gasteiger partial charge in [-0.25, -0.2) is 9.18 Å². The minimum atomic E-state index is -1.16. The van der Waals surface area contributed by atoms with Gasteiger partial charge in [-0.05, 0) is 42.3 Å². The Bertz CT molecular complexity index is 658. The van der Waals surface area contributed by atoms with Crippen LogP contribution in [0.25, 0.3) is 0 Å². The van der Waals surface area contributed by atoms with Crippen molar-refractivity contribution >= 4 is 17.6 Å². The second-order valence-corrected chi connectivity index (χ2v) is 5.06. The number of hydrogen-bond acceptors (Lipinski definition) is 2. The molecule has 0 aliphatic rings. The minimum Gasteiger partial charge on any atom is -0.478 e. The van der Waals surface area contributed by atoms with Crippen molar-refractivity contribution in [2.45, 2.75) is 19.4 Å². The number of carboxylic acid groups (broad SMARTS) is 1. The van der Waals surface area contributed by atoms with E-state index in [9.17, 15) is 14.3 Å². The van der Waals surface area contributed by atoms with Gasteiger partial charge in [0.15, 0.2) is 6.10 Å². The topological polar surface area (TPSA) is 46.5 Å². The molecule has 0 unspecified atom stereocenters. The van der Waals surface area contributed by atoms with Gasteiger partial charge in [0, 0.05) is 11.4 Å². The number of ether oxygens (including phenoxy) is 1. The molecule has 110 valence electrons. The van der Waals surface area contributed by atoms with E-state index in [1.807, 2.05) is 0 Å². The van der Waals surface area contributed by atoms with E-state index in [0.29, 0.717) is 16.3 Å². The Morgan fingerprint density at radius 3 is 2.67 bits per heavy atom. The van der Waals surface area contributed by atoms with Crippen LogP contribution in [0.5, 0.6) is 5.75 Å². The van der Waals surface area contributed by atoms with Gasteiger partial charge >= 0.3 is 5.97 Å². The third-order valence-corrected chi connectivity index (χ3v) is 3.47. The van der Waals surface area contributed by atoms with E-state index < -0.39 is 17.9 Å². The molecule has 0 heterocycles. The van der Waals surface area contributed by atoms with Gasteiger partial charge in [-0.3, -0.25) is 0 Å². The summed E-state index contributed by atoms with van der Waals surface area (Å²) < 4.78 is 19.0. The summed E-state index contributed by atoms with van der Waals surface area (Å²) in [6, 6.07) is 10.9. The van der Waals surface area contributed by atoms with E-state index in [1.165, 1.54) is 6.07 Å². The van der Waals surface area contributed by atoms with Crippen LogP contribution in [0.1, 0.15) is 11.1 Å². The maximum atomic E-state index is 13.6. The Labute approximate surface area is 126 Å². The van der Waals surface area contributed by atoms with Gasteiger partial charge in [0.25, 0.3) is 0 Å². The Hall–Kier alpha value is -2.07. The molecule has 21 heavy (non-hydrogen) atoms. The standard InChI is InChI=1S/C16H14ClFO3/c1-10-8-12(6-7-13(10)17)21-15(16(19)20)9-11-4-2-3-5-14(11)18/h2-8,15H,9H2,1H3,(H,19,20)/t15-/m1/s1. The van der Waals surface area contributed by atoms with Gasteiger partial charge in [0.2, 0.25) is 0 Å². The summed E-state index contributed by atoms with van der Waals surface area (Å²) in [7, 11) is 0. The maximum absolute atomic E-state index is 13.6. The zero-order valence-electron chi connectivity index (χ0n) is 11.3. The highest BCUT2D eigenvalue weighted by Gasteiger charge is 2.21. The zero-order chi connectivity index (χ0) is 15.4. The molecule has 3 nitrogen and oxygen atoms in total. The molecule has 0 aromatic heterocycles. The van der Waals surface area contributed by atoms with E-state index in [1.54, 1.807) is 43.3 Å². The monoisotopic (exact) mass is 308 g/mol. The van der Waals surface area contributed by atoms with Crippen molar-refractivity contribution in [3.05, 3.63) is 64.4 Å². The van der Waals surface area contributed by atoms with Crippen LogP contribution in [0.2, 0.25) is 5.02 Å². The lowest BCUT2D eigenvalue weighted by molar-refractivity contribution is -0.145. The van der Waals surface area contributed by atoms with Crippen LogP contribution in [0.4, 0.5) is 4.39 Å². The molecule has 5 heteroatoms. The van der Waals surface area contributed by atoms with Gasteiger partial charge in [0.1, 0.15) is 11.6 Å². The van der Waals surface area contributed by atoms with E-state index >= 15 is 0 Å². The predicted octanol–water partition coefficient (Wildman–Crippen LogP) is 3.86. The summed E-state index contributed by atoms with van der Waals surface area (Å²) in [6.45, 7) is 1.79. The average Bonchev–Trinajstić information content (AvgIpc) is 2.44. The van der Waals surface area contributed by atoms with Crippen molar-refractivity contribution in [1.29, 1.82) is 0 Å². The van der Waals surface area contributed by atoms with E-state index in [2.05, 4.69) is 0 Å². The first-order valence-electron chi connectivity index (χ1n) is 6.36. The molecule has 0 saturated carbocycles. The fourth-order valence-corrected chi connectivity index (χ4v) is 2.02. The van der Waals surface area contributed by atoms with Crippen LogP contribution in [-0.2, 0) is 11.2 Å². The van der Waals surface area contributed by atoms with Gasteiger partial charge in [-0.2, -0.15) is 0 Å². The lowest BCUT2D eigenvalue weighted by atomic mass is 10.1. The van der Waals surface area contributed by atoms with Crippen LogP contribution in [0.15, 0.2) is 42.5 Å². The molecular weight excluding hydrogens is 295 g/mol. The Morgan fingerprint density at radius 1 is 1.33 bits per heavy atom. The molecule has 1 N–H and O–H groups in total. The van der Waals surface area contributed by atoms with Crippen LogP contribution in [-0.4, -0.2) is 17.2 Å². The summed E-state index contributed by atoms with van der Waals surface area (Å²) in [5.74, 6) is -1.20. The lowest BCUT2D eigenvalue weighted by Gasteiger charge is -2.16. The molecule has 0 aliphatic carbocycles. The number of benzene rings is 2. The minimum absolute atomic E-state index is 0.0519. The molecule has 0 fully saturated rings. The molecule has 1 atom stereocenters. The first kappa shape index (κ1) is 15.3. The molecule has 2 aromatic rings. The van der Waals surface area contributed by atoms with Gasteiger partial charge in [0.05, 0.1) is 0 Å². The molecule has 0 amide bonds. The highest BCUT2D eigenvalue weighted by atomic mass is 35.5. The number of carbonyl (C=O) groups is 1. The van der Waals surface area contributed by atoms with Gasteiger partial charge in [-0.1, -0.05) is 29.8 Å². The SMILES string of the molecule is Cc1cc(O[C@H](Cc2ccccc2F)C(=O)O)ccc1Cl. The van der Waals surface area contributed by atoms with Crippen LogP contribution >= 0.6 is 11.6 Å². The predicted molar refractivity (Wildman–Crippen MR) is 78.3 cm³/mol. The van der Waals surface area contributed by atoms with Crippen LogP contribution in [0.3, 0.4) is 0 Å². The smallest absolute Gasteiger partial charge is 0.345 e. The molecule has 0 radical (unpaired) electrons. The van der Waals surface area contributed by atoms with Crippen molar-refractivity contribution in [3.63, 3.8) is 0 Å². The third kappa shape index (κ3) is 3.95. The Morgan fingerprint density at radius 2 is 2.05 bits per heavy atom. The van der Waals surface area contributed by atoms with Gasteiger partial charge in [-0.15, -0.1) is 0 Å². The number of rotatable bonds is 5. The van der Waals surface area contributed by atoms with Crippen molar-refractivity contribution in [2.75, 3.05) is 0 Å². The fraction of sp³-hybridized carbons (Fsp3) is 0.188. The van der Waals surface area contributed by atoms with Gasteiger partial charge < -0.3 is 9.84 Å². The second kappa shape index (κ2) is 6.59. The molecule has 0 saturated heterocycles. The number of halogens is 2. The quantitative estimate of drug-likeness (QED) is 0.912. The molecule has 0 bridgehead atoms. The third-order valence-electron chi connectivity index (χ3n) is 3.05. The number of carboxylic acids is 1. The largest absolute Gasteiger partial charge is 0.478 e. The highest BCUT2D eigenvalue weighted by Crippen LogP contribution is 2.23. The molecule has 0 aliphatic heterocycles. The summed E-state index contributed by atoms with van der Waals surface area (Å²) in [5.41, 5.74) is 1.08. The maximum Gasteiger partial charge on any atom is 0.345 e. The lowest BCUT2D eigenvalue weighted by Crippen LogP contribution is -2.29. The van der Waals surface area contributed by atoms with Crippen molar-refractivity contribution in [3.8, 4) is 5.75 Å².